The number of carboxylic acid groups (broad SMARTS) is 1. The first kappa shape index (κ1) is 15.2. The van der Waals surface area contributed by atoms with Crippen molar-refractivity contribution in [3.63, 3.8) is 0 Å². The molecule has 0 bridgehead atoms. The molecule has 22 heavy (non-hydrogen) atoms. The minimum absolute atomic E-state index is 0.283. The number of aliphatic carboxylic acids is 1. The van der Waals surface area contributed by atoms with Crippen molar-refractivity contribution in [2.24, 2.45) is 0 Å². The molecule has 118 valence electrons. The Morgan fingerprint density at radius 2 is 1.95 bits per heavy atom. The second kappa shape index (κ2) is 7.07. The van der Waals surface area contributed by atoms with Gasteiger partial charge in [0.1, 0.15) is 0 Å². The Labute approximate surface area is 134 Å². The van der Waals surface area contributed by atoms with Gasteiger partial charge >= 0.3 is 5.97 Å². The third-order valence-corrected chi connectivity index (χ3v) is 5.14. The number of anilines is 1. The van der Waals surface area contributed by atoms with Crippen molar-refractivity contribution in [2.45, 2.75) is 19.3 Å². The molecule has 0 saturated carbocycles. The van der Waals surface area contributed by atoms with Crippen molar-refractivity contribution in [3.05, 3.63) is 24.3 Å². The van der Waals surface area contributed by atoms with E-state index in [-0.39, 0.29) is 6.42 Å². The standard InChI is InChI=1S/C16H21N3O2S/c20-15(21)7-3-4-8-18-9-11-19(12-10-18)16-17-13-5-1-2-6-14(13)22-16/h1-2,5-6H,3-4,7-12H2,(H,20,21). The maximum atomic E-state index is 10.5. The van der Waals surface area contributed by atoms with Crippen LogP contribution in [-0.2, 0) is 4.79 Å². The fourth-order valence-electron chi connectivity index (χ4n) is 2.77. The first-order valence-corrected chi connectivity index (χ1v) is 8.59. The summed E-state index contributed by atoms with van der Waals surface area (Å²) in [7, 11) is 0. The molecule has 1 aromatic carbocycles. The number of hydrogen-bond acceptors (Lipinski definition) is 5. The molecule has 2 aromatic rings. The van der Waals surface area contributed by atoms with E-state index >= 15 is 0 Å². The normalized spacial score (nSPS) is 16.3. The summed E-state index contributed by atoms with van der Waals surface area (Å²) in [6.45, 7) is 5.06. The Kier molecular flexibility index (Phi) is 4.90. The van der Waals surface area contributed by atoms with E-state index < -0.39 is 5.97 Å². The number of piperazine rings is 1. The lowest BCUT2D eigenvalue weighted by atomic mass is 10.2. The van der Waals surface area contributed by atoms with Crippen LogP contribution in [0.4, 0.5) is 5.13 Å². The largest absolute Gasteiger partial charge is 0.481 e. The van der Waals surface area contributed by atoms with Gasteiger partial charge in [-0.25, -0.2) is 4.98 Å². The maximum Gasteiger partial charge on any atom is 0.303 e. The summed E-state index contributed by atoms with van der Waals surface area (Å²) in [5.74, 6) is -0.694. The minimum atomic E-state index is -0.694. The average molecular weight is 319 g/mol. The first-order chi connectivity index (χ1) is 10.7. The summed E-state index contributed by atoms with van der Waals surface area (Å²) in [6.07, 6.45) is 2.02. The Morgan fingerprint density at radius 1 is 1.18 bits per heavy atom. The van der Waals surface area contributed by atoms with Crippen molar-refractivity contribution < 1.29 is 9.90 Å². The summed E-state index contributed by atoms with van der Waals surface area (Å²) in [5.41, 5.74) is 1.08. The second-order valence-corrected chi connectivity index (χ2v) is 6.65. The van der Waals surface area contributed by atoms with Gasteiger partial charge in [0.25, 0.3) is 0 Å². The fourth-order valence-corrected chi connectivity index (χ4v) is 3.79. The van der Waals surface area contributed by atoms with E-state index in [1.54, 1.807) is 11.3 Å². The van der Waals surface area contributed by atoms with E-state index in [9.17, 15) is 4.79 Å². The first-order valence-electron chi connectivity index (χ1n) is 7.77. The summed E-state index contributed by atoms with van der Waals surface area (Å²) in [6, 6.07) is 8.27. The van der Waals surface area contributed by atoms with Crippen molar-refractivity contribution in [3.8, 4) is 0 Å². The van der Waals surface area contributed by atoms with Gasteiger partial charge in [-0.1, -0.05) is 23.5 Å². The van der Waals surface area contributed by atoms with Crippen LogP contribution in [-0.4, -0.2) is 53.7 Å². The lowest BCUT2D eigenvalue weighted by Crippen LogP contribution is -2.46. The van der Waals surface area contributed by atoms with E-state index in [0.717, 1.165) is 56.2 Å². The van der Waals surface area contributed by atoms with Gasteiger partial charge < -0.3 is 10.0 Å². The molecule has 1 saturated heterocycles. The number of aromatic nitrogens is 1. The van der Waals surface area contributed by atoms with Crippen LogP contribution in [0.1, 0.15) is 19.3 Å². The van der Waals surface area contributed by atoms with Gasteiger partial charge in [-0.3, -0.25) is 9.69 Å². The molecule has 0 spiro atoms. The molecular weight excluding hydrogens is 298 g/mol. The molecule has 1 N–H and O–H groups in total. The van der Waals surface area contributed by atoms with Crippen LogP contribution in [0.15, 0.2) is 24.3 Å². The van der Waals surface area contributed by atoms with Gasteiger partial charge in [0.05, 0.1) is 10.2 Å². The zero-order valence-electron chi connectivity index (χ0n) is 12.6. The summed E-state index contributed by atoms with van der Waals surface area (Å²) < 4.78 is 1.24. The lowest BCUT2D eigenvalue weighted by Gasteiger charge is -2.34. The third kappa shape index (κ3) is 3.75. The second-order valence-electron chi connectivity index (χ2n) is 5.64. The van der Waals surface area contributed by atoms with Crippen molar-refractivity contribution in [2.75, 3.05) is 37.6 Å². The van der Waals surface area contributed by atoms with Crippen LogP contribution in [0.5, 0.6) is 0 Å². The van der Waals surface area contributed by atoms with E-state index in [0.29, 0.717) is 0 Å². The highest BCUT2D eigenvalue weighted by molar-refractivity contribution is 7.22. The van der Waals surface area contributed by atoms with E-state index in [1.165, 1.54) is 4.70 Å². The smallest absolute Gasteiger partial charge is 0.303 e. The molecule has 0 unspecified atom stereocenters. The molecule has 0 amide bonds. The number of rotatable bonds is 6. The lowest BCUT2D eigenvalue weighted by molar-refractivity contribution is -0.137. The Morgan fingerprint density at radius 3 is 2.68 bits per heavy atom. The Balaban J connectivity index is 1.48. The fraction of sp³-hybridized carbons (Fsp3) is 0.500. The highest BCUT2D eigenvalue weighted by Gasteiger charge is 2.19. The molecule has 6 heteroatoms. The number of fused-ring (bicyclic) bond motifs is 1. The van der Waals surface area contributed by atoms with Crippen LogP contribution in [0.25, 0.3) is 10.2 Å². The Hall–Kier alpha value is -1.66. The predicted molar refractivity (Wildman–Crippen MR) is 89.8 cm³/mol. The molecule has 5 nitrogen and oxygen atoms in total. The topological polar surface area (TPSA) is 56.7 Å². The summed E-state index contributed by atoms with van der Waals surface area (Å²) >= 11 is 1.76. The van der Waals surface area contributed by atoms with Crippen LogP contribution >= 0.6 is 11.3 Å². The van der Waals surface area contributed by atoms with Crippen molar-refractivity contribution in [1.29, 1.82) is 0 Å². The SMILES string of the molecule is O=C(O)CCCCN1CCN(c2nc3ccccc3s2)CC1. The number of thiazole rings is 1. The Bertz CT molecular complexity index is 602. The van der Waals surface area contributed by atoms with Gasteiger partial charge in [0.2, 0.25) is 0 Å². The number of hydrogen-bond donors (Lipinski definition) is 1. The quantitative estimate of drug-likeness (QED) is 0.830. The van der Waals surface area contributed by atoms with Gasteiger partial charge in [-0.15, -0.1) is 0 Å². The van der Waals surface area contributed by atoms with E-state index in [1.807, 2.05) is 6.07 Å². The molecule has 0 aliphatic carbocycles. The number of benzene rings is 1. The zero-order valence-corrected chi connectivity index (χ0v) is 13.4. The monoisotopic (exact) mass is 319 g/mol. The minimum Gasteiger partial charge on any atom is -0.481 e. The summed E-state index contributed by atoms with van der Waals surface area (Å²) in [5, 5.41) is 9.76. The molecule has 1 aliphatic rings. The third-order valence-electron chi connectivity index (χ3n) is 4.04. The number of carbonyl (C=O) groups is 1. The molecule has 2 heterocycles. The number of carboxylic acids is 1. The number of para-hydroxylation sites is 1. The molecule has 0 atom stereocenters. The van der Waals surface area contributed by atoms with E-state index in [4.69, 9.17) is 10.1 Å². The zero-order chi connectivity index (χ0) is 15.4. The maximum absolute atomic E-state index is 10.5. The molecule has 1 aromatic heterocycles. The molecule has 3 rings (SSSR count). The molecular formula is C16H21N3O2S. The average Bonchev–Trinajstić information content (AvgIpc) is 2.96. The summed E-state index contributed by atoms with van der Waals surface area (Å²) in [4.78, 5) is 20.0. The predicted octanol–water partition coefficient (Wildman–Crippen LogP) is 2.67. The van der Waals surface area contributed by atoms with Crippen LogP contribution in [0.2, 0.25) is 0 Å². The van der Waals surface area contributed by atoms with Gasteiger partial charge in [0, 0.05) is 32.6 Å². The van der Waals surface area contributed by atoms with Gasteiger partial charge in [-0.05, 0) is 31.5 Å². The highest BCUT2D eigenvalue weighted by atomic mass is 32.1. The van der Waals surface area contributed by atoms with Crippen molar-refractivity contribution in [1.82, 2.24) is 9.88 Å². The molecule has 1 fully saturated rings. The van der Waals surface area contributed by atoms with Crippen LogP contribution < -0.4 is 4.90 Å². The van der Waals surface area contributed by atoms with Crippen LogP contribution in [0.3, 0.4) is 0 Å². The van der Waals surface area contributed by atoms with E-state index in [2.05, 4.69) is 28.0 Å². The molecule has 0 radical (unpaired) electrons. The van der Waals surface area contributed by atoms with Gasteiger partial charge in [-0.2, -0.15) is 0 Å². The van der Waals surface area contributed by atoms with Crippen molar-refractivity contribution >= 4 is 32.7 Å². The highest BCUT2D eigenvalue weighted by Crippen LogP contribution is 2.29. The van der Waals surface area contributed by atoms with Gasteiger partial charge in [0.15, 0.2) is 5.13 Å². The number of nitrogens with zero attached hydrogens (tertiary/aromatic N) is 3. The number of unbranched alkanes of at least 4 members (excludes halogenated alkanes) is 1. The molecule has 1 aliphatic heterocycles. The van der Waals surface area contributed by atoms with Crippen LogP contribution in [0, 0.1) is 0 Å².